The summed E-state index contributed by atoms with van der Waals surface area (Å²) < 4.78 is 1.50. The van der Waals surface area contributed by atoms with Crippen LogP contribution in [0.1, 0.15) is 16.1 Å². The molecule has 1 aromatic heterocycles. The minimum Gasteiger partial charge on any atom is -0.287 e. The number of rotatable bonds is 2. The van der Waals surface area contributed by atoms with E-state index in [4.69, 9.17) is 23.2 Å². The van der Waals surface area contributed by atoms with Gasteiger partial charge in [0.1, 0.15) is 5.69 Å². The molecule has 16 heavy (non-hydrogen) atoms. The smallest absolute Gasteiger partial charge is 0.212 e. The van der Waals surface area contributed by atoms with Gasteiger partial charge in [0.15, 0.2) is 0 Å². The summed E-state index contributed by atoms with van der Waals surface area (Å²) in [6, 6.07) is 6.62. The van der Waals surface area contributed by atoms with Crippen molar-refractivity contribution in [1.29, 1.82) is 0 Å². The predicted molar refractivity (Wildman–Crippen MR) is 63.1 cm³/mol. The van der Waals surface area contributed by atoms with Crippen LogP contribution in [0.4, 0.5) is 0 Å². The molecule has 0 aliphatic carbocycles. The largest absolute Gasteiger partial charge is 0.287 e. The van der Waals surface area contributed by atoms with E-state index in [1.807, 2.05) is 0 Å². The number of benzene rings is 1. The highest BCUT2D eigenvalue weighted by molar-refractivity contribution is 6.44. The van der Waals surface area contributed by atoms with Gasteiger partial charge in [-0.25, -0.2) is 0 Å². The van der Waals surface area contributed by atoms with Crippen molar-refractivity contribution in [1.82, 2.24) is 9.78 Å². The molecule has 0 N–H and O–H groups in total. The molecule has 0 spiro atoms. The Hall–Kier alpha value is -1.32. The molecule has 1 aromatic carbocycles. The molecule has 1 heterocycles. The molecule has 82 valence electrons. The van der Waals surface area contributed by atoms with Crippen LogP contribution < -0.4 is 0 Å². The van der Waals surface area contributed by atoms with Crippen molar-refractivity contribution >= 4 is 29.0 Å². The topological polar surface area (TPSA) is 34.9 Å². The van der Waals surface area contributed by atoms with Crippen LogP contribution in [0.2, 0.25) is 10.0 Å². The van der Waals surface area contributed by atoms with Gasteiger partial charge in [0, 0.05) is 18.8 Å². The second kappa shape index (κ2) is 4.28. The monoisotopic (exact) mass is 254 g/mol. The second-order valence-corrected chi connectivity index (χ2v) is 4.06. The van der Waals surface area contributed by atoms with Crippen molar-refractivity contribution in [2.45, 2.75) is 0 Å². The van der Waals surface area contributed by atoms with E-state index in [1.54, 1.807) is 37.5 Å². The van der Waals surface area contributed by atoms with Crippen molar-refractivity contribution in [3.8, 4) is 0 Å². The highest BCUT2D eigenvalue weighted by atomic mass is 35.5. The molecule has 0 aliphatic heterocycles. The van der Waals surface area contributed by atoms with E-state index in [0.29, 0.717) is 16.3 Å². The predicted octanol–water partition coefficient (Wildman–Crippen LogP) is 2.96. The van der Waals surface area contributed by atoms with E-state index in [1.165, 1.54) is 4.68 Å². The minimum atomic E-state index is -0.187. The fraction of sp³-hybridized carbons (Fsp3) is 0.0909. The Balaban J connectivity index is 2.50. The highest BCUT2D eigenvalue weighted by Crippen LogP contribution is 2.27. The number of carbonyl (C=O) groups is 1. The first-order chi connectivity index (χ1) is 7.61. The lowest BCUT2D eigenvalue weighted by atomic mass is 10.1. The summed E-state index contributed by atoms with van der Waals surface area (Å²) in [7, 11) is 1.70. The summed E-state index contributed by atoms with van der Waals surface area (Å²) in [5.74, 6) is -0.187. The molecule has 0 atom stereocenters. The molecule has 2 rings (SSSR count). The molecule has 5 heteroatoms. The summed E-state index contributed by atoms with van der Waals surface area (Å²) in [5, 5.41) is 4.58. The third kappa shape index (κ3) is 1.84. The first-order valence-electron chi connectivity index (χ1n) is 4.58. The Morgan fingerprint density at radius 2 is 2.06 bits per heavy atom. The Morgan fingerprint density at radius 3 is 2.69 bits per heavy atom. The summed E-state index contributed by atoms with van der Waals surface area (Å²) in [6.45, 7) is 0. The van der Waals surface area contributed by atoms with Crippen molar-refractivity contribution < 1.29 is 4.79 Å². The maximum Gasteiger partial charge on any atom is 0.212 e. The van der Waals surface area contributed by atoms with Gasteiger partial charge in [-0.3, -0.25) is 9.48 Å². The third-order valence-corrected chi connectivity index (χ3v) is 3.07. The number of hydrogen-bond acceptors (Lipinski definition) is 2. The van der Waals surface area contributed by atoms with Crippen LogP contribution in [-0.2, 0) is 7.05 Å². The van der Waals surface area contributed by atoms with Crippen molar-refractivity contribution in [3.63, 3.8) is 0 Å². The SMILES string of the molecule is Cn1nccc1C(=O)c1cccc(Cl)c1Cl. The van der Waals surface area contributed by atoms with E-state index in [0.717, 1.165) is 0 Å². The molecule has 3 nitrogen and oxygen atoms in total. The normalized spacial score (nSPS) is 10.4. The van der Waals surface area contributed by atoms with E-state index >= 15 is 0 Å². The fourth-order valence-corrected chi connectivity index (χ4v) is 1.80. The average molecular weight is 255 g/mol. The number of ketones is 1. The van der Waals surface area contributed by atoms with Gasteiger partial charge in [-0.05, 0) is 18.2 Å². The molecule has 0 saturated carbocycles. The molecule has 0 bridgehead atoms. The lowest BCUT2D eigenvalue weighted by Crippen LogP contribution is -2.08. The maximum absolute atomic E-state index is 12.1. The van der Waals surface area contributed by atoms with E-state index in [-0.39, 0.29) is 10.8 Å². The van der Waals surface area contributed by atoms with Gasteiger partial charge in [0.2, 0.25) is 5.78 Å². The molecule has 0 aliphatic rings. The van der Waals surface area contributed by atoms with Crippen molar-refractivity contribution in [2.75, 3.05) is 0 Å². The van der Waals surface area contributed by atoms with Crippen LogP contribution in [0, 0.1) is 0 Å². The summed E-state index contributed by atoms with van der Waals surface area (Å²) in [4.78, 5) is 12.1. The van der Waals surface area contributed by atoms with Crippen LogP contribution in [0.25, 0.3) is 0 Å². The molecule has 0 saturated heterocycles. The van der Waals surface area contributed by atoms with Crippen LogP contribution in [-0.4, -0.2) is 15.6 Å². The van der Waals surface area contributed by atoms with Gasteiger partial charge in [0.25, 0.3) is 0 Å². The lowest BCUT2D eigenvalue weighted by Gasteiger charge is -2.04. The zero-order valence-corrected chi connectivity index (χ0v) is 9.96. The van der Waals surface area contributed by atoms with Gasteiger partial charge in [-0.1, -0.05) is 29.3 Å². The highest BCUT2D eigenvalue weighted by Gasteiger charge is 2.16. The molecule has 0 radical (unpaired) electrons. The van der Waals surface area contributed by atoms with Gasteiger partial charge < -0.3 is 0 Å². The van der Waals surface area contributed by atoms with Gasteiger partial charge in [0.05, 0.1) is 10.0 Å². The first-order valence-corrected chi connectivity index (χ1v) is 5.33. The average Bonchev–Trinajstić information content (AvgIpc) is 2.68. The van der Waals surface area contributed by atoms with Crippen molar-refractivity contribution in [2.24, 2.45) is 7.05 Å². The Bertz CT molecular complexity index is 549. The summed E-state index contributed by atoms with van der Waals surface area (Å²) in [5.41, 5.74) is 0.863. The Labute approximate surface area is 103 Å². The quantitative estimate of drug-likeness (QED) is 0.773. The standard InChI is InChI=1S/C11H8Cl2N2O/c1-15-9(5-6-14-15)11(16)7-3-2-4-8(12)10(7)13/h2-6H,1H3. The van der Waals surface area contributed by atoms with Gasteiger partial charge in [-0.2, -0.15) is 5.10 Å². The molecule has 0 unspecified atom stereocenters. The third-order valence-electron chi connectivity index (χ3n) is 2.25. The number of carbonyl (C=O) groups excluding carboxylic acids is 1. The summed E-state index contributed by atoms with van der Waals surface area (Å²) in [6.07, 6.45) is 1.56. The van der Waals surface area contributed by atoms with Crippen LogP contribution in [0.5, 0.6) is 0 Å². The first kappa shape index (κ1) is 11.2. The Morgan fingerprint density at radius 1 is 1.31 bits per heavy atom. The fourth-order valence-electron chi connectivity index (χ4n) is 1.41. The van der Waals surface area contributed by atoms with Crippen molar-refractivity contribution in [3.05, 3.63) is 51.8 Å². The lowest BCUT2D eigenvalue weighted by molar-refractivity contribution is 0.103. The number of halogens is 2. The van der Waals surface area contributed by atoms with E-state index in [2.05, 4.69) is 5.10 Å². The second-order valence-electron chi connectivity index (χ2n) is 3.27. The maximum atomic E-state index is 12.1. The van der Waals surface area contributed by atoms with Crippen LogP contribution in [0.3, 0.4) is 0 Å². The molecular formula is C11H8Cl2N2O. The molecule has 0 amide bonds. The van der Waals surface area contributed by atoms with Gasteiger partial charge >= 0.3 is 0 Å². The van der Waals surface area contributed by atoms with E-state index in [9.17, 15) is 4.79 Å². The minimum absolute atomic E-state index is 0.187. The number of aryl methyl sites for hydroxylation is 1. The zero-order chi connectivity index (χ0) is 11.7. The molecule has 0 fully saturated rings. The summed E-state index contributed by atoms with van der Waals surface area (Å²) >= 11 is 11.8. The number of hydrogen-bond donors (Lipinski definition) is 0. The number of aromatic nitrogens is 2. The van der Waals surface area contributed by atoms with Gasteiger partial charge in [-0.15, -0.1) is 0 Å². The number of nitrogens with zero attached hydrogens (tertiary/aromatic N) is 2. The van der Waals surface area contributed by atoms with E-state index < -0.39 is 0 Å². The zero-order valence-electron chi connectivity index (χ0n) is 8.45. The Kier molecular flexibility index (Phi) is 2.99. The molecule has 2 aromatic rings. The van der Waals surface area contributed by atoms with Crippen LogP contribution >= 0.6 is 23.2 Å². The van der Waals surface area contributed by atoms with Crippen LogP contribution in [0.15, 0.2) is 30.5 Å². The molecular weight excluding hydrogens is 247 g/mol.